The van der Waals surface area contributed by atoms with E-state index in [0.717, 1.165) is 23.1 Å². The Morgan fingerprint density at radius 3 is 2.74 bits per heavy atom. The van der Waals surface area contributed by atoms with Gasteiger partial charge in [-0.2, -0.15) is 5.10 Å². The standard InChI is InChI=1S/C15H20BrN3/c1-4-12-9-13(19(3)18-12)10-17-11(2)14-7-5-6-8-15(14)16/h5-9,11,17H,4,10H2,1-3H3/t11-/m0/s1. The Balaban J connectivity index is 2.02. The molecule has 2 aromatic rings. The first-order chi connectivity index (χ1) is 9.11. The first-order valence-corrected chi connectivity index (χ1v) is 7.40. The average Bonchev–Trinajstić information content (AvgIpc) is 2.77. The van der Waals surface area contributed by atoms with Gasteiger partial charge in [0.05, 0.1) is 11.4 Å². The van der Waals surface area contributed by atoms with Crippen LogP contribution in [0.25, 0.3) is 0 Å². The molecule has 19 heavy (non-hydrogen) atoms. The third-order valence-electron chi connectivity index (χ3n) is 3.35. The van der Waals surface area contributed by atoms with Gasteiger partial charge in [-0.1, -0.05) is 41.1 Å². The van der Waals surface area contributed by atoms with Gasteiger partial charge in [0.1, 0.15) is 0 Å². The van der Waals surface area contributed by atoms with Crippen molar-refractivity contribution in [3.8, 4) is 0 Å². The van der Waals surface area contributed by atoms with Crippen LogP contribution < -0.4 is 5.32 Å². The molecule has 0 amide bonds. The van der Waals surface area contributed by atoms with Gasteiger partial charge in [-0.05, 0) is 31.0 Å². The molecule has 0 aliphatic heterocycles. The lowest BCUT2D eigenvalue weighted by atomic mass is 10.1. The molecule has 0 bridgehead atoms. The maximum atomic E-state index is 4.46. The van der Waals surface area contributed by atoms with E-state index >= 15 is 0 Å². The molecule has 0 fully saturated rings. The number of hydrogen-bond acceptors (Lipinski definition) is 2. The number of aryl methyl sites for hydroxylation is 2. The van der Waals surface area contributed by atoms with E-state index in [0.29, 0.717) is 6.04 Å². The molecular formula is C15H20BrN3. The Hall–Kier alpha value is -1.13. The fraction of sp³-hybridized carbons (Fsp3) is 0.400. The third kappa shape index (κ3) is 3.45. The van der Waals surface area contributed by atoms with Crippen molar-refractivity contribution in [3.63, 3.8) is 0 Å². The van der Waals surface area contributed by atoms with Crippen molar-refractivity contribution in [3.05, 3.63) is 51.8 Å². The van der Waals surface area contributed by atoms with Crippen LogP contribution in [-0.2, 0) is 20.0 Å². The van der Waals surface area contributed by atoms with Gasteiger partial charge in [0.15, 0.2) is 0 Å². The van der Waals surface area contributed by atoms with Gasteiger partial charge in [-0.15, -0.1) is 0 Å². The minimum absolute atomic E-state index is 0.301. The highest BCUT2D eigenvalue weighted by atomic mass is 79.9. The van der Waals surface area contributed by atoms with E-state index in [1.165, 1.54) is 11.3 Å². The summed E-state index contributed by atoms with van der Waals surface area (Å²) in [5, 5.41) is 8.01. The van der Waals surface area contributed by atoms with Crippen molar-refractivity contribution in [2.24, 2.45) is 7.05 Å². The Labute approximate surface area is 123 Å². The van der Waals surface area contributed by atoms with Gasteiger partial charge in [-0.3, -0.25) is 4.68 Å². The van der Waals surface area contributed by atoms with Crippen molar-refractivity contribution in [1.29, 1.82) is 0 Å². The SMILES string of the molecule is CCc1cc(CN[C@@H](C)c2ccccc2Br)n(C)n1. The van der Waals surface area contributed by atoms with Crippen LogP contribution in [0.15, 0.2) is 34.8 Å². The molecule has 0 spiro atoms. The van der Waals surface area contributed by atoms with Gasteiger partial charge in [-0.25, -0.2) is 0 Å². The highest BCUT2D eigenvalue weighted by Crippen LogP contribution is 2.22. The highest BCUT2D eigenvalue weighted by molar-refractivity contribution is 9.10. The molecule has 0 saturated heterocycles. The van der Waals surface area contributed by atoms with Crippen LogP contribution in [0.1, 0.15) is 36.8 Å². The molecule has 1 heterocycles. The number of halogens is 1. The second-order valence-electron chi connectivity index (χ2n) is 4.73. The molecule has 2 rings (SSSR count). The Kier molecular flexibility index (Phi) is 4.77. The summed E-state index contributed by atoms with van der Waals surface area (Å²) >= 11 is 3.60. The van der Waals surface area contributed by atoms with E-state index in [1.807, 2.05) is 17.8 Å². The van der Waals surface area contributed by atoms with Crippen LogP contribution in [0.2, 0.25) is 0 Å². The number of aromatic nitrogens is 2. The number of rotatable bonds is 5. The summed E-state index contributed by atoms with van der Waals surface area (Å²) in [7, 11) is 2.00. The Bertz CT molecular complexity index is 548. The van der Waals surface area contributed by atoms with Crippen LogP contribution in [0.5, 0.6) is 0 Å². The number of nitrogens with zero attached hydrogens (tertiary/aromatic N) is 2. The second kappa shape index (κ2) is 6.35. The molecule has 0 radical (unpaired) electrons. The van der Waals surface area contributed by atoms with E-state index in [9.17, 15) is 0 Å². The van der Waals surface area contributed by atoms with Crippen LogP contribution in [-0.4, -0.2) is 9.78 Å². The van der Waals surface area contributed by atoms with Crippen molar-refractivity contribution in [1.82, 2.24) is 15.1 Å². The van der Waals surface area contributed by atoms with Gasteiger partial charge < -0.3 is 5.32 Å². The van der Waals surface area contributed by atoms with Crippen molar-refractivity contribution in [2.75, 3.05) is 0 Å². The fourth-order valence-electron chi connectivity index (χ4n) is 2.10. The fourth-order valence-corrected chi connectivity index (χ4v) is 2.73. The maximum absolute atomic E-state index is 4.46. The third-order valence-corrected chi connectivity index (χ3v) is 4.07. The molecule has 4 heteroatoms. The molecule has 0 aliphatic carbocycles. The van der Waals surface area contributed by atoms with Gasteiger partial charge in [0.25, 0.3) is 0 Å². The van der Waals surface area contributed by atoms with E-state index in [1.54, 1.807) is 0 Å². The summed E-state index contributed by atoms with van der Waals surface area (Å²) in [4.78, 5) is 0. The van der Waals surface area contributed by atoms with Gasteiger partial charge >= 0.3 is 0 Å². The quantitative estimate of drug-likeness (QED) is 0.911. The normalized spacial score (nSPS) is 12.6. The molecule has 3 nitrogen and oxygen atoms in total. The molecule has 1 aromatic carbocycles. The monoisotopic (exact) mass is 321 g/mol. The smallest absolute Gasteiger partial charge is 0.0625 e. The van der Waals surface area contributed by atoms with Crippen LogP contribution in [0, 0.1) is 0 Å². The molecule has 0 unspecified atom stereocenters. The molecular weight excluding hydrogens is 302 g/mol. The summed E-state index contributed by atoms with van der Waals surface area (Å²) in [5.74, 6) is 0. The lowest BCUT2D eigenvalue weighted by molar-refractivity contribution is 0.546. The van der Waals surface area contributed by atoms with Crippen LogP contribution in [0.3, 0.4) is 0 Å². The second-order valence-corrected chi connectivity index (χ2v) is 5.58. The molecule has 1 N–H and O–H groups in total. The first kappa shape index (κ1) is 14.3. The lowest BCUT2D eigenvalue weighted by Gasteiger charge is -2.15. The van der Waals surface area contributed by atoms with Crippen LogP contribution in [0.4, 0.5) is 0 Å². The lowest BCUT2D eigenvalue weighted by Crippen LogP contribution is -2.20. The number of hydrogen-bond donors (Lipinski definition) is 1. The van der Waals surface area contributed by atoms with E-state index in [4.69, 9.17) is 0 Å². The molecule has 0 aliphatic rings. The van der Waals surface area contributed by atoms with E-state index < -0.39 is 0 Å². The summed E-state index contributed by atoms with van der Waals surface area (Å²) in [6, 6.07) is 10.8. The predicted octanol–water partition coefficient (Wildman–Crippen LogP) is 3.60. The number of benzene rings is 1. The maximum Gasteiger partial charge on any atom is 0.0625 e. The van der Waals surface area contributed by atoms with Gasteiger partial charge in [0, 0.05) is 24.1 Å². The zero-order chi connectivity index (χ0) is 13.8. The summed E-state index contributed by atoms with van der Waals surface area (Å²) in [6.45, 7) is 5.13. The zero-order valence-corrected chi connectivity index (χ0v) is 13.2. The summed E-state index contributed by atoms with van der Waals surface area (Å²) in [5.41, 5.74) is 3.64. The summed E-state index contributed by atoms with van der Waals surface area (Å²) < 4.78 is 3.10. The topological polar surface area (TPSA) is 29.9 Å². The molecule has 1 aromatic heterocycles. The minimum Gasteiger partial charge on any atom is -0.305 e. The first-order valence-electron chi connectivity index (χ1n) is 6.61. The minimum atomic E-state index is 0.301. The summed E-state index contributed by atoms with van der Waals surface area (Å²) in [6.07, 6.45) is 0.980. The number of nitrogens with one attached hydrogen (secondary N) is 1. The van der Waals surface area contributed by atoms with E-state index in [2.05, 4.69) is 64.5 Å². The molecule has 1 atom stereocenters. The van der Waals surface area contributed by atoms with Crippen molar-refractivity contribution < 1.29 is 0 Å². The van der Waals surface area contributed by atoms with Crippen molar-refractivity contribution >= 4 is 15.9 Å². The van der Waals surface area contributed by atoms with Crippen LogP contribution >= 0.6 is 15.9 Å². The largest absolute Gasteiger partial charge is 0.305 e. The zero-order valence-electron chi connectivity index (χ0n) is 11.7. The predicted molar refractivity (Wildman–Crippen MR) is 82.0 cm³/mol. The van der Waals surface area contributed by atoms with E-state index in [-0.39, 0.29) is 0 Å². The molecule has 0 saturated carbocycles. The average molecular weight is 322 g/mol. The molecule has 102 valence electrons. The van der Waals surface area contributed by atoms with Crippen molar-refractivity contribution in [2.45, 2.75) is 32.9 Å². The Morgan fingerprint density at radius 1 is 1.37 bits per heavy atom. The van der Waals surface area contributed by atoms with Gasteiger partial charge in [0.2, 0.25) is 0 Å². The highest BCUT2D eigenvalue weighted by Gasteiger charge is 2.10. The Morgan fingerprint density at radius 2 is 2.11 bits per heavy atom.